The van der Waals surface area contributed by atoms with Crippen LogP contribution in [-0.2, 0) is 5.92 Å². The number of anilines is 1. The fourth-order valence-corrected chi connectivity index (χ4v) is 0.677. The molecule has 0 aliphatic heterocycles. The van der Waals surface area contributed by atoms with Crippen molar-refractivity contribution < 1.29 is 13.9 Å². The van der Waals surface area contributed by atoms with Crippen LogP contribution in [0.3, 0.4) is 0 Å². The number of aromatic nitrogens is 2. The zero-order chi connectivity index (χ0) is 9.35. The molecule has 0 saturated carbocycles. The van der Waals surface area contributed by atoms with Crippen molar-refractivity contribution in [3.8, 4) is 5.88 Å². The van der Waals surface area contributed by atoms with E-state index in [-0.39, 0.29) is 5.95 Å². The maximum atomic E-state index is 12.6. The van der Waals surface area contributed by atoms with Crippen LogP contribution in [0.25, 0.3) is 0 Å². The highest BCUT2D eigenvalue weighted by Crippen LogP contribution is 2.26. The smallest absolute Gasteiger partial charge is 0.287 e. The van der Waals surface area contributed by atoms with Crippen LogP contribution in [0, 0.1) is 0 Å². The van der Waals surface area contributed by atoms with Crippen molar-refractivity contribution in [2.45, 2.75) is 12.8 Å². The summed E-state index contributed by atoms with van der Waals surface area (Å²) in [7, 11) is 0. The summed E-state index contributed by atoms with van der Waals surface area (Å²) in [4.78, 5) is 6.50. The first kappa shape index (κ1) is 8.63. The first-order valence-corrected chi connectivity index (χ1v) is 3.11. The molecule has 0 unspecified atom stereocenters. The highest BCUT2D eigenvalue weighted by molar-refractivity contribution is 5.26. The molecule has 66 valence electrons. The molecule has 0 spiro atoms. The second kappa shape index (κ2) is 2.54. The molecule has 0 aliphatic carbocycles. The molecular formula is C6H7F2N3O. The van der Waals surface area contributed by atoms with E-state index >= 15 is 0 Å². The third-order valence-electron chi connectivity index (χ3n) is 1.18. The number of rotatable bonds is 1. The first-order valence-electron chi connectivity index (χ1n) is 3.11. The van der Waals surface area contributed by atoms with Crippen LogP contribution in [0.1, 0.15) is 12.6 Å². The van der Waals surface area contributed by atoms with Gasteiger partial charge in [0.15, 0.2) is 0 Å². The molecule has 1 aromatic heterocycles. The minimum Gasteiger partial charge on any atom is -0.493 e. The molecule has 12 heavy (non-hydrogen) atoms. The molecular weight excluding hydrogens is 168 g/mol. The van der Waals surface area contributed by atoms with E-state index in [9.17, 15) is 8.78 Å². The van der Waals surface area contributed by atoms with Gasteiger partial charge in [-0.05, 0) is 0 Å². The standard InChI is InChI=1S/C6H7F2N3O/c1-6(7,8)3-2-4(12)11-5(9)10-3/h2H,1H3,(H3,9,10,11,12). The lowest BCUT2D eigenvalue weighted by Gasteiger charge is -2.09. The molecule has 1 rings (SSSR count). The van der Waals surface area contributed by atoms with Gasteiger partial charge in [0.1, 0.15) is 5.69 Å². The third kappa shape index (κ3) is 1.77. The van der Waals surface area contributed by atoms with E-state index in [1.165, 1.54) is 0 Å². The van der Waals surface area contributed by atoms with E-state index in [0.717, 1.165) is 6.07 Å². The van der Waals surface area contributed by atoms with Crippen molar-refractivity contribution in [2.75, 3.05) is 5.73 Å². The highest BCUT2D eigenvalue weighted by Gasteiger charge is 2.27. The summed E-state index contributed by atoms with van der Waals surface area (Å²) in [5.41, 5.74) is 4.45. The molecule has 0 fully saturated rings. The van der Waals surface area contributed by atoms with Gasteiger partial charge in [0.05, 0.1) is 0 Å². The maximum absolute atomic E-state index is 12.6. The highest BCUT2D eigenvalue weighted by atomic mass is 19.3. The van der Waals surface area contributed by atoms with Crippen LogP contribution in [-0.4, -0.2) is 15.1 Å². The van der Waals surface area contributed by atoms with Crippen molar-refractivity contribution >= 4 is 5.95 Å². The Morgan fingerprint density at radius 3 is 2.50 bits per heavy atom. The van der Waals surface area contributed by atoms with Gasteiger partial charge in [0.2, 0.25) is 11.8 Å². The number of nitrogen functional groups attached to an aromatic ring is 1. The molecule has 0 aliphatic rings. The Bertz CT molecular complexity index is 277. The number of aromatic hydroxyl groups is 1. The lowest BCUT2D eigenvalue weighted by Crippen LogP contribution is -2.11. The molecule has 0 aromatic carbocycles. The average Bonchev–Trinajstić information content (AvgIpc) is 1.82. The van der Waals surface area contributed by atoms with Crippen molar-refractivity contribution in [3.63, 3.8) is 0 Å². The predicted octanol–water partition coefficient (Wildman–Crippen LogP) is 0.876. The summed E-state index contributed by atoms with van der Waals surface area (Å²) >= 11 is 0. The largest absolute Gasteiger partial charge is 0.493 e. The predicted molar refractivity (Wildman–Crippen MR) is 37.7 cm³/mol. The number of nitrogens with zero attached hydrogens (tertiary/aromatic N) is 2. The molecule has 1 aromatic rings. The van der Waals surface area contributed by atoms with Crippen molar-refractivity contribution in [1.82, 2.24) is 9.97 Å². The third-order valence-corrected chi connectivity index (χ3v) is 1.18. The molecule has 0 bridgehead atoms. The summed E-state index contributed by atoms with van der Waals surface area (Å²) in [5, 5.41) is 8.79. The Kier molecular flexibility index (Phi) is 1.83. The number of halogens is 2. The van der Waals surface area contributed by atoms with Gasteiger partial charge in [-0.25, -0.2) is 4.98 Å². The first-order chi connectivity index (χ1) is 5.39. The molecule has 3 N–H and O–H groups in total. The van der Waals surface area contributed by atoms with Crippen molar-refractivity contribution in [2.24, 2.45) is 0 Å². The summed E-state index contributed by atoms with van der Waals surface area (Å²) in [6.07, 6.45) is 0. The summed E-state index contributed by atoms with van der Waals surface area (Å²) in [6, 6.07) is 0.774. The SMILES string of the molecule is CC(F)(F)c1cc(O)nc(N)n1. The van der Waals surface area contributed by atoms with Crippen LogP contribution in [0.2, 0.25) is 0 Å². The van der Waals surface area contributed by atoms with Gasteiger partial charge in [0, 0.05) is 13.0 Å². The van der Waals surface area contributed by atoms with Crippen molar-refractivity contribution in [1.29, 1.82) is 0 Å². The van der Waals surface area contributed by atoms with Gasteiger partial charge in [-0.15, -0.1) is 0 Å². The van der Waals surface area contributed by atoms with Crippen LogP contribution in [0.4, 0.5) is 14.7 Å². The molecule has 1 heterocycles. The van der Waals surface area contributed by atoms with E-state index in [0.29, 0.717) is 6.92 Å². The van der Waals surface area contributed by atoms with E-state index < -0.39 is 17.5 Å². The molecule has 0 amide bonds. The monoisotopic (exact) mass is 175 g/mol. The fraction of sp³-hybridized carbons (Fsp3) is 0.333. The van der Waals surface area contributed by atoms with E-state index in [2.05, 4.69) is 9.97 Å². The van der Waals surface area contributed by atoms with E-state index in [4.69, 9.17) is 10.8 Å². The lowest BCUT2D eigenvalue weighted by molar-refractivity contribution is 0.0125. The summed E-state index contributed by atoms with van der Waals surface area (Å²) in [6.45, 7) is 0.661. The second-order valence-electron chi connectivity index (χ2n) is 2.36. The molecule has 0 radical (unpaired) electrons. The van der Waals surface area contributed by atoms with E-state index in [1.807, 2.05) is 0 Å². The normalized spacial score (nSPS) is 11.6. The Morgan fingerprint density at radius 2 is 2.08 bits per heavy atom. The molecule has 0 saturated heterocycles. The van der Waals surface area contributed by atoms with E-state index in [1.54, 1.807) is 0 Å². The Morgan fingerprint density at radius 1 is 1.50 bits per heavy atom. The summed E-state index contributed by atoms with van der Waals surface area (Å²) < 4.78 is 25.1. The van der Waals surface area contributed by atoms with Gasteiger partial charge >= 0.3 is 0 Å². The second-order valence-corrected chi connectivity index (χ2v) is 2.36. The van der Waals surface area contributed by atoms with Crippen molar-refractivity contribution in [3.05, 3.63) is 11.8 Å². The Labute approximate surface area is 67.1 Å². The number of hydrogen-bond donors (Lipinski definition) is 2. The minimum atomic E-state index is -3.12. The fourth-order valence-electron chi connectivity index (χ4n) is 0.677. The van der Waals surface area contributed by atoms with Gasteiger partial charge in [-0.3, -0.25) is 0 Å². The number of alkyl halides is 2. The Hall–Kier alpha value is -1.46. The van der Waals surface area contributed by atoms with Gasteiger partial charge in [-0.1, -0.05) is 0 Å². The van der Waals surface area contributed by atoms with Gasteiger partial charge in [0.25, 0.3) is 5.92 Å². The van der Waals surface area contributed by atoms with Crippen LogP contribution >= 0.6 is 0 Å². The minimum absolute atomic E-state index is 0.369. The lowest BCUT2D eigenvalue weighted by atomic mass is 10.2. The topological polar surface area (TPSA) is 72.0 Å². The van der Waals surface area contributed by atoms with Gasteiger partial charge < -0.3 is 10.8 Å². The molecule has 4 nitrogen and oxygen atoms in total. The maximum Gasteiger partial charge on any atom is 0.287 e. The summed E-state index contributed by atoms with van der Waals surface area (Å²) in [5.74, 6) is -4.04. The number of hydrogen-bond acceptors (Lipinski definition) is 4. The van der Waals surface area contributed by atoms with Crippen LogP contribution in [0.5, 0.6) is 5.88 Å². The van der Waals surface area contributed by atoms with Gasteiger partial charge in [-0.2, -0.15) is 13.8 Å². The zero-order valence-corrected chi connectivity index (χ0v) is 6.25. The number of nitrogens with two attached hydrogens (primary N) is 1. The Balaban J connectivity index is 3.18. The van der Waals surface area contributed by atoms with Crippen LogP contribution < -0.4 is 5.73 Å². The quantitative estimate of drug-likeness (QED) is 0.664. The van der Waals surface area contributed by atoms with Crippen LogP contribution in [0.15, 0.2) is 6.07 Å². The average molecular weight is 175 g/mol. The molecule has 0 atom stereocenters. The zero-order valence-electron chi connectivity index (χ0n) is 6.25. The molecule has 6 heteroatoms.